The monoisotopic (exact) mass is 414 g/mol. The van der Waals surface area contributed by atoms with E-state index < -0.39 is 11.7 Å². The number of rotatable bonds is 1. The zero-order valence-corrected chi connectivity index (χ0v) is 15.7. The van der Waals surface area contributed by atoms with Gasteiger partial charge in [0, 0.05) is 36.7 Å². The van der Waals surface area contributed by atoms with Crippen LogP contribution < -0.4 is 10.0 Å². The normalized spacial score (nSPS) is 20.3. The molecule has 5 rings (SSSR count). The maximum atomic E-state index is 12.7. The number of carbonyl (C=O) groups is 1. The Morgan fingerprint density at radius 3 is 2.47 bits per heavy atom. The van der Waals surface area contributed by atoms with E-state index in [1.807, 2.05) is 12.1 Å². The Labute approximate surface area is 169 Å². The van der Waals surface area contributed by atoms with Crippen molar-refractivity contribution in [3.8, 4) is 0 Å². The van der Waals surface area contributed by atoms with E-state index in [0.29, 0.717) is 29.8 Å². The number of amides is 2. The topological polar surface area (TPSA) is 72.2 Å². The van der Waals surface area contributed by atoms with Gasteiger partial charge in [0.05, 0.1) is 11.8 Å². The highest BCUT2D eigenvalue weighted by Gasteiger charge is 2.40. The molecule has 3 aromatic rings. The van der Waals surface area contributed by atoms with Gasteiger partial charge in [-0.1, -0.05) is 0 Å². The third-order valence-corrected chi connectivity index (χ3v) is 5.91. The van der Waals surface area contributed by atoms with E-state index >= 15 is 0 Å². The number of piperidine rings is 1. The molecule has 2 bridgehead atoms. The van der Waals surface area contributed by atoms with Crippen LogP contribution >= 0.6 is 0 Å². The number of urea groups is 1. The Bertz CT molecular complexity index is 1150. The van der Waals surface area contributed by atoms with Crippen molar-refractivity contribution in [1.82, 2.24) is 9.88 Å². The standard InChI is InChI=1S/C21H17F3N4O2/c22-21(23,24)14-1-3-15(4-2-14)26-20(29)27-10-12-7-13(11-27)17-9-19-18(8-16(12)17)25-5-6-28(19)30/h1-6,8-9,12-13H,7,10-11H2,(H,26,29)/t12-,13+/m1/s1. The van der Waals surface area contributed by atoms with Gasteiger partial charge in [-0.2, -0.15) is 17.9 Å². The number of nitrogens with zero attached hydrogens (tertiary/aromatic N) is 3. The van der Waals surface area contributed by atoms with Gasteiger partial charge in [-0.3, -0.25) is 0 Å². The van der Waals surface area contributed by atoms with Crippen molar-refractivity contribution in [3.05, 3.63) is 70.7 Å². The van der Waals surface area contributed by atoms with Crippen LogP contribution in [0.4, 0.5) is 23.7 Å². The molecule has 1 aromatic heterocycles. The van der Waals surface area contributed by atoms with Crippen molar-refractivity contribution in [1.29, 1.82) is 0 Å². The number of likely N-dealkylation sites (tertiary alicyclic amines) is 1. The molecule has 1 aliphatic heterocycles. The zero-order valence-electron chi connectivity index (χ0n) is 15.7. The van der Waals surface area contributed by atoms with Gasteiger partial charge < -0.3 is 15.4 Å². The van der Waals surface area contributed by atoms with Gasteiger partial charge in [-0.25, -0.2) is 9.78 Å². The van der Waals surface area contributed by atoms with Crippen LogP contribution in [-0.2, 0) is 6.18 Å². The summed E-state index contributed by atoms with van der Waals surface area (Å²) in [4.78, 5) is 18.7. The molecule has 0 radical (unpaired) electrons. The number of anilines is 1. The number of halogens is 3. The Morgan fingerprint density at radius 2 is 1.80 bits per heavy atom. The molecule has 154 valence electrons. The minimum Gasteiger partial charge on any atom is -0.618 e. The molecule has 0 spiro atoms. The molecule has 2 aromatic carbocycles. The molecule has 2 aliphatic rings. The third-order valence-electron chi connectivity index (χ3n) is 5.91. The summed E-state index contributed by atoms with van der Waals surface area (Å²) < 4.78 is 38.9. The predicted octanol–water partition coefficient (Wildman–Crippen LogP) is 4.01. The summed E-state index contributed by atoms with van der Waals surface area (Å²) in [6.07, 6.45) is -0.693. The first-order valence-electron chi connectivity index (χ1n) is 9.54. The van der Waals surface area contributed by atoms with Crippen molar-refractivity contribution in [2.24, 2.45) is 0 Å². The van der Waals surface area contributed by atoms with Crippen molar-refractivity contribution in [2.75, 3.05) is 18.4 Å². The van der Waals surface area contributed by atoms with Gasteiger partial charge in [0.25, 0.3) is 0 Å². The van der Waals surface area contributed by atoms with Crippen LogP contribution in [0.5, 0.6) is 0 Å². The molecule has 1 fully saturated rings. The van der Waals surface area contributed by atoms with E-state index in [1.165, 1.54) is 24.5 Å². The fraction of sp³-hybridized carbons (Fsp3) is 0.286. The second kappa shape index (κ2) is 6.58. The van der Waals surface area contributed by atoms with Gasteiger partial charge in [0.15, 0.2) is 6.20 Å². The Morgan fingerprint density at radius 1 is 1.13 bits per heavy atom. The minimum absolute atomic E-state index is 0.113. The highest BCUT2D eigenvalue weighted by molar-refractivity contribution is 5.89. The molecule has 9 heteroatoms. The molecule has 30 heavy (non-hydrogen) atoms. The van der Waals surface area contributed by atoms with Crippen molar-refractivity contribution < 1.29 is 22.7 Å². The van der Waals surface area contributed by atoms with Gasteiger partial charge in [-0.05, 0) is 47.9 Å². The number of nitrogens with one attached hydrogen (secondary N) is 1. The largest absolute Gasteiger partial charge is 0.618 e. The van der Waals surface area contributed by atoms with E-state index in [4.69, 9.17) is 0 Å². The molecule has 1 saturated heterocycles. The quantitative estimate of drug-likeness (QED) is 0.483. The molecule has 0 unspecified atom stereocenters. The van der Waals surface area contributed by atoms with Crippen LogP contribution in [0.2, 0.25) is 0 Å². The first-order valence-corrected chi connectivity index (χ1v) is 9.54. The van der Waals surface area contributed by atoms with Crippen LogP contribution in [-0.4, -0.2) is 29.0 Å². The van der Waals surface area contributed by atoms with E-state index in [1.54, 1.807) is 4.90 Å². The number of hydrogen-bond donors (Lipinski definition) is 1. The second-order valence-corrected chi connectivity index (χ2v) is 7.76. The van der Waals surface area contributed by atoms with E-state index in [2.05, 4.69) is 10.3 Å². The maximum Gasteiger partial charge on any atom is 0.416 e. The van der Waals surface area contributed by atoms with Crippen LogP contribution in [0.1, 0.15) is 34.9 Å². The summed E-state index contributed by atoms with van der Waals surface area (Å²) in [5.41, 5.74) is 2.85. The van der Waals surface area contributed by atoms with Gasteiger partial charge in [0.2, 0.25) is 5.52 Å². The molecule has 1 N–H and O–H groups in total. The molecular weight excluding hydrogens is 397 g/mol. The molecule has 2 atom stereocenters. The van der Waals surface area contributed by atoms with Crippen LogP contribution in [0, 0.1) is 5.21 Å². The van der Waals surface area contributed by atoms with Gasteiger partial charge in [-0.15, -0.1) is 0 Å². The van der Waals surface area contributed by atoms with Crippen molar-refractivity contribution in [2.45, 2.75) is 24.4 Å². The average molecular weight is 414 g/mol. The predicted molar refractivity (Wildman–Crippen MR) is 103 cm³/mol. The SMILES string of the molecule is O=C(Nc1ccc(C(F)(F)F)cc1)N1C[C@H]2C[C@@H](C1)c1cc3c(cc12)ncc[n+]3[O-]. The number of alkyl halides is 3. The summed E-state index contributed by atoms with van der Waals surface area (Å²) in [6.45, 7) is 0.992. The lowest BCUT2D eigenvalue weighted by Gasteiger charge is -2.32. The Balaban J connectivity index is 1.35. The minimum atomic E-state index is -4.42. The second-order valence-electron chi connectivity index (χ2n) is 7.76. The maximum absolute atomic E-state index is 12.7. The number of benzene rings is 2. The molecule has 0 saturated carbocycles. The van der Waals surface area contributed by atoms with Crippen LogP contribution in [0.15, 0.2) is 48.8 Å². The number of hydrogen-bond acceptors (Lipinski definition) is 3. The summed E-state index contributed by atoms with van der Waals surface area (Å²) in [5, 5.41) is 14.7. The fourth-order valence-corrected chi connectivity index (χ4v) is 4.51. The Kier molecular flexibility index (Phi) is 4.09. The third kappa shape index (κ3) is 3.10. The average Bonchev–Trinajstić information content (AvgIpc) is 2.96. The summed E-state index contributed by atoms with van der Waals surface area (Å²) in [5.74, 6) is 0.255. The number of aromatic nitrogens is 2. The first kappa shape index (κ1) is 18.7. The smallest absolute Gasteiger partial charge is 0.416 e. The fourth-order valence-electron chi connectivity index (χ4n) is 4.51. The highest BCUT2D eigenvalue weighted by atomic mass is 19.4. The Hall–Kier alpha value is -3.36. The van der Waals surface area contributed by atoms with Crippen LogP contribution in [0.25, 0.3) is 11.0 Å². The molecule has 2 heterocycles. The van der Waals surface area contributed by atoms with E-state index in [0.717, 1.165) is 34.4 Å². The first-order chi connectivity index (χ1) is 14.3. The lowest BCUT2D eigenvalue weighted by Crippen LogP contribution is -2.42. The van der Waals surface area contributed by atoms with E-state index in [-0.39, 0.29) is 17.9 Å². The highest BCUT2D eigenvalue weighted by Crippen LogP contribution is 2.46. The van der Waals surface area contributed by atoms with Gasteiger partial charge in [0.1, 0.15) is 5.52 Å². The van der Waals surface area contributed by atoms with Crippen LogP contribution in [0.3, 0.4) is 0 Å². The molecular formula is C21H17F3N4O2. The lowest BCUT2D eigenvalue weighted by atomic mass is 9.96. The zero-order chi connectivity index (χ0) is 21.0. The molecule has 2 amide bonds. The number of carbonyl (C=O) groups excluding carboxylic acids is 1. The van der Waals surface area contributed by atoms with Crippen molar-refractivity contribution in [3.63, 3.8) is 0 Å². The summed E-state index contributed by atoms with van der Waals surface area (Å²) in [7, 11) is 0. The summed E-state index contributed by atoms with van der Waals surface area (Å²) >= 11 is 0. The summed E-state index contributed by atoms with van der Waals surface area (Å²) in [6, 6.07) is 7.84. The lowest BCUT2D eigenvalue weighted by molar-refractivity contribution is -0.577. The molecule has 1 aliphatic carbocycles. The van der Waals surface area contributed by atoms with E-state index in [9.17, 15) is 23.2 Å². The van der Waals surface area contributed by atoms with Crippen molar-refractivity contribution >= 4 is 22.8 Å². The molecule has 6 nitrogen and oxygen atoms in total. The number of fused-ring (bicyclic) bond motifs is 6. The van der Waals surface area contributed by atoms with Gasteiger partial charge >= 0.3 is 12.2 Å².